The summed E-state index contributed by atoms with van der Waals surface area (Å²) >= 11 is 0. The monoisotopic (exact) mass is 229 g/mol. The molecule has 17 heavy (non-hydrogen) atoms. The second kappa shape index (κ2) is 5.89. The van der Waals surface area contributed by atoms with Gasteiger partial charge < -0.3 is 10.0 Å². The first-order valence-electron chi connectivity index (χ1n) is 5.43. The van der Waals surface area contributed by atoms with Gasteiger partial charge in [0.05, 0.1) is 0 Å². The minimum absolute atomic E-state index is 0.130. The maximum Gasteiger partial charge on any atom is 0.137 e. The van der Waals surface area contributed by atoms with Crippen LogP contribution in [-0.2, 0) is 0 Å². The zero-order valence-electron chi connectivity index (χ0n) is 10.1. The summed E-state index contributed by atoms with van der Waals surface area (Å²) in [6, 6.07) is 3.78. The first-order chi connectivity index (χ1) is 8.13. The van der Waals surface area contributed by atoms with Gasteiger partial charge in [0.15, 0.2) is 0 Å². The molecular weight excluding hydrogens is 214 g/mol. The molecule has 0 saturated heterocycles. The standard InChI is InChI=1S/C13H15N3O/c1-10-6-12(13(8-14)9-15)7-11(2)16(10)4-3-5-17/h6-7,17H,3-5H2,1-2H3. The summed E-state index contributed by atoms with van der Waals surface area (Å²) in [7, 11) is 0. The minimum atomic E-state index is 0.130. The van der Waals surface area contributed by atoms with Crippen molar-refractivity contribution >= 4 is 0 Å². The molecular formula is C13H15N3O. The van der Waals surface area contributed by atoms with Crippen molar-refractivity contribution < 1.29 is 5.11 Å². The van der Waals surface area contributed by atoms with Crippen LogP contribution in [0.15, 0.2) is 34.7 Å². The maximum atomic E-state index is 8.82. The van der Waals surface area contributed by atoms with E-state index >= 15 is 0 Å². The summed E-state index contributed by atoms with van der Waals surface area (Å²) < 4.78 is 0. The third kappa shape index (κ3) is 2.96. The first kappa shape index (κ1) is 13.0. The van der Waals surface area contributed by atoms with Gasteiger partial charge in [-0.15, -0.1) is 0 Å². The number of aliphatic hydroxyl groups is 1. The van der Waals surface area contributed by atoms with Crippen LogP contribution in [0.25, 0.3) is 0 Å². The zero-order chi connectivity index (χ0) is 12.8. The van der Waals surface area contributed by atoms with E-state index in [4.69, 9.17) is 15.6 Å². The number of nitrogens with zero attached hydrogens (tertiary/aromatic N) is 3. The molecule has 0 radical (unpaired) electrons. The highest BCUT2D eigenvalue weighted by molar-refractivity contribution is 5.53. The second-order valence-corrected chi connectivity index (χ2v) is 3.85. The number of hydrogen-bond donors (Lipinski definition) is 1. The fourth-order valence-corrected chi connectivity index (χ4v) is 1.81. The molecule has 0 aromatic heterocycles. The Labute approximate surface area is 101 Å². The van der Waals surface area contributed by atoms with Gasteiger partial charge in [-0.25, -0.2) is 0 Å². The van der Waals surface area contributed by atoms with Crippen molar-refractivity contribution in [3.05, 3.63) is 34.7 Å². The Hall–Kier alpha value is -2.04. The van der Waals surface area contributed by atoms with Crippen molar-refractivity contribution in [2.75, 3.05) is 13.2 Å². The van der Waals surface area contributed by atoms with Crippen LogP contribution in [0.5, 0.6) is 0 Å². The van der Waals surface area contributed by atoms with E-state index < -0.39 is 0 Å². The maximum absolute atomic E-state index is 8.82. The predicted molar refractivity (Wildman–Crippen MR) is 64.2 cm³/mol. The molecule has 1 aliphatic rings. The van der Waals surface area contributed by atoms with E-state index in [0.717, 1.165) is 17.9 Å². The van der Waals surface area contributed by atoms with Gasteiger partial charge in [0, 0.05) is 30.1 Å². The molecule has 0 aromatic rings. The van der Waals surface area contributed by atoms with Crippen LogP contribution in [0.2, 0.25) is 0 Å². The number of nitriles is 2. The topological polar surface area (TPSA) is 71.0 Å². The van der Waals surface area contributed by atoms with E-state index in [1.54, 1.807) is 0 Å². The van der Waals surface area contributed by atoms with Crippen LogP contribution in [0.3, 0.4) is 0 Å². The smallest absolute Gasteiger partial charge is 0.137 e. The summed E-state index contributed by atoms with van der Waals surface area (Å²) in [5.74, 6) is 0. The molecule has 0 unspecified atom stereocenters. The third-order valence-corrected chi connectivity index (χ3v) is 2.63. The average Bonchev–Trinajstić information content (AvgIpc) is 2.30. The second-order valence-electron chi connectivity index (χ2n) is 3.85. The Kier molecular flexibility index (Phi) is 4.51. The number of aliphatic hydroxyl groups excluding tert-OH is 1. The van der Waals surface area contributed by atoms with Gasteiger partial charge >= 0.3 is 0 Å². The number of rotatable bonds is 3. The molecule has 0 spiro atoms. The van der Waals surface area contributed by atoms with Crippen molar-refractivity contribution in [2.45, 2.75) is 20.3 Å². The highest BCUT2D eigenvalue weighted by Crippen LogP contribution is 2.24. The molecule has 0 bridgehead atoms. The van der Waals surface area contributed by atoms with Gasteiger partial charge in [-0.2, -0.15) is 10.5 Å². The average molecular weight is 229 g/mol. The summed E-state index contributed by atoms with van der Waals surface area (Å²) in [5.41, 5.74) is 2.75. The van der Waals surface area contributed by atoms with Gasteiger partial charge in [0.25, 0.3) is 0 Å². The van der Waals surface area contributed by atoms with Crippen LogP contribution >= 0.6 is 0 Å². The Bertz CT molecular complexity index is 434. The van der Waals surface area contributed by atoms with Crippen LogP contribution in [0.1, 0.15) is 20.3 Å². The van der Waals surface area contributed by atoms with Gasteiger partial charge in [-0.05, 0) is 32.4 Å². The van der Waals surface area contributed by atoms with Crippen molar-refractivity contribution in [3.8, 4) is 12.1 Å². The lowest BCUT2D eigenvalue weighted by Crippen LogP contribution is -2.24. The van der Waals surface area contributed by atoms with Gasteiger partial charge in [0.2, 0.25) is 0 Å². The molecule has 0 amide bonds. The minimum Gasteiger partial charge on any atom is -0.396 e. The highest BCUT2D eigenvalue weighted by atomic mass is 16.3. The fourth-order valence-electron chi connectivity index (χ4n) is 1.81. The van der Waals surface area contributed by atoms with Gasteiger partial charge in [-0.1, -0.05) is 0 Å². The normalized spacial score (nSPS) is 14.6. The van der Waals surface area contributed by atoms with Crippen molar-refractivity contribution in [3.63, 3.8) is 0 Å². The lowest BCUT2D eigenvalue weighted by Gasteiger charge is -2.29. The zero-order valence-corrected chi connectivity index (χ0v) is 10.1. The molecule has 4 nitrogen and oxygen atoms in total. The van der Waals surface area contributed by atoms with E-state index in [1.165, 1.54) is 0 Å². The summed E-state index contributed by atoms with van der Waals surface area (Å²) in [4.78, 5) is 2.06. The quantitative estimate of drug-likeness (QED) is 0.749. The molecule has 1 aliphatic heterocycles. The van der Waals surface area contributed by atoms with Crippen LogP contribution in [0, 0.1) is 22.7 Å². The van der Waals surface area contributed by atoms with E-state index in [9.17, 15) is 0 Å². The summed E-state index contributed by atoms with van der Waals surface area (Å²) in [6.45, 7) is 4.75. The van der Waals surface area contributed by atoms with Crippen LogP contribution < -0.4 is 0 Å². The largest absolute Gasteiger partial charge is 0.396 e. The van der Waals surface area contributed by atoms with Crippen molar-refractivity contribution in [1.29, 1.82) is 10.5 Å². The van der Waals surface area contributed by atoms with Crippen LogP contribution in [-0.4, -0.2) is 23.2 Å². The lowest BCUT2D eigenvalue weighted by molar-refractivity contribution is 0.266. The Morgan fingerprint density at radius 2 is 1.76 bits per heavy atom. The molecule has 4 heteroatoms. The van der Waals surface area contributed by atoms with Crippen LogP contribution in [0.4, 0.5) is 0 Å². The Morgan fingerprint density at radius 1 is 1.24 bits per heavy atom. The predicted octanol–water partition coefficient (Wildman–Crippen LogP) is 1.84. The molecule has 1 heterocycles. The first-order valence-corrected chi connectivity index (χ1v) is 5.43. The molecule has 0 atom stereocenters. The van der Waals surface area contributed by atoms with E-state index in [2.05, 4.69) is 4.90 Å². The van der Waals surface area contributed by atoms with Crippen molar-refractivity contribution in [1.82, 2.24) is 4.90 Å². The van der Waals surface area contributed by atoms with Crippen molar-refractivity contribution in [2.24, 2.45) is 0 Å². The fraction of sp³-hybridized carbons (Fsp3) is 0.385. The molecule has 0 fully saturated rings. The van der Waals surface area contributed by atoms with E-state index in [-0.39, 0.29) is 12.2 Å². The Balaban J connectivity index is 3.04. The summed E-state index contributed by atoms with van der Waals surface area (Å²) in [6.07, 6.45) is 4.34. The Morgan fingerprint density at radius 3 is 2.18 bits per heavy atom. The molecule has 1 rings (SSSR count). The third-order valence-electron chi connectivity index (χ3n) is 2.63. The molecule has 88 valence electrons. The molecule has 1 N–H and O–H groups in total. The number of hydrogen-bond acceptors (Lipinski definition) is 4. The SMILES string of the molecule is CC1=CC(=C(C#N)C#N)C=C(C)N1CCCO. The molecule has 0 aromatic carbocycles. The number of allylic oxidation sites excluding steroid dienone is 6. The summed E-state index contributed by atoms with van der Waals surface area (Å²) in [5, 5.41) is 26.5. The van der Waals surface area contributed by atoms with Gasteiger partial charge in [-0.3, -0.25) is 0 Å². The molecule has 0 saturated carbocycles. The van der Waals surface area contributed by atoms with E-state index in [1.807, 2.05) is 38.1 Å². The lowest BCUT2D eigenvalue weighted by atomic mass is 10.0. The molecule has 0 aliphatic carbocycles. The van der Waals surface area contributed by atoms with E-state index in [0.29, 0.717) is 12.0 Å². The highest BCUT2D eigenvalue weighted by Gasteiger charge is 2.14. The van der Waals surface area contributed by atoms with Gasteiger partial charge in [0.1, 0.15) is 17.7 Å².